The van der Waals surface area contributed by atoms with E-state index in [9.17, 15) is 0 Å². The number of likely N-dealkylation sites (N-methyl/N-ethyl adjacent to an activating group) is 1. The van der Waals surface area contributed by atoms with Crippen molar-refractivity contribution < 1.29 is 4.74 Å². The van der Waals surface area contributed by atoms with Gasteiger partial charge in [0.25, 0.3) is 0 Å². The molecular formula is C18H29NO. The molecule has 0 saturated heterocycles. The van der Waals surface area contributed by atoms with Gasteiger partial charge in [-0.2, -0.15) is 0 Å². The third kappa shape index (κ3) is 4.32. The molecule has 0 aliphatic heterocycles. The van der Waals surface area contributed by atoms with Crippen LogP contribution in [0.1, 0.15) is 45.6 Å². The minimum Gasteiger partial charge on any atom is -0.372 e. The van der Waals surface area contributed by atoms with Gasteiger partial charge in [-0.05, 0) is 43.2 Å². The van der Waals surface area contributed by atoms with Gasteiger partial charge in [-0.25, -0.2) is 0 Å². The molecular weight excluding hydrogens is 246 g/mol. The normalized spacial score (nSPS) is 26.9. The van der Waals surface area contributed by atoms with Crippen molar-refractivity contribution in [2.75, 3.05) is 6.54 Å². The molecule has 2 nitrogen and oxygen atoms in total. The molecule has 0 amide bonds. The standard InChI is InChI=1S/C18H29NO/c1-4-19-17-11-10-16(14(2)3)12-18(17)20-13-15-8-6-5-7-9-15/h5-9,14,16-19H,4,10-13H2,1-3H3. The topological polar surface area (TPSA) is 21.3 Å². The molecule has 1 saturated carbocycles. The summed E-state index contributed by atoms with van der Waals surface area (Å²) in [4.78, 5) is 0. The molecule has 1 aliphatic carbocycles. The Morgan fingerprint density at radius 2 is 1.95 bits per heavy atom. The Labute approximate surface area is 123 Å². The van der Waals surface area contributed by atoms with Crippen LogP contribution < -0.4 is 5.32 Å². The second-order valence-corrected chi connectivity index (χ2v) is 6.32. The summed E-state index contributed by atoms with van der Waals surface area (Å²) in [6.45, 7) is 8.63. The van der Waals surface area contributed by atoms with Crippen molar-refractivity contribution in [1.82, 2.24) is 5.32 Å². The van der Waals surface area contributed by atoms with Gasteiger partial charge in [0.15, 0.2) is 0 Å². The SMILES string of the molecule is CCNC1CCC(C(C)C)CC1OCc1ccccc1. The lowest BCUT2D eigenvalue weighted by Gasteiger charge is -2.38. The molecule has 1 fully saturated rings. The minimum atomic E-state index is 0.358. The molecule has 0 radical (unpaired) electrons. The molecule has 0 heterocycles. The van der Waals surface area contributed by atoms with Crippen molar-refractivity contribution in [2.24, 2.45) is 11.8 Å². The largest absolute Gasteiger partial charge is 0.372 e. The Morgan fingerprint density at radius 1 is 1.20 bits per heavy atom. The molecule has 20 heavy (non-hydrogen) atoms. The Bertz CT molecular complexity index is 376. The average molecular weight is 275 g/mol. The molecule has 2 heteroatoms. The van der Waals surface area contributed by atoms with E-state index in [0.29, 0.717) is 12.1 Å². The van der Waals surface area contributed by atoms with E-state index in [1.54, 1.807) is 0 Å². The van der Waals surface area contributed by atoms with E-state index in [-0.39, 0.29) is 0 Å². The lowest BCUT2D eigenvalue weighted by molar-refractivity contribution is -0.0257. The lowest BCUT2D eigenvalue weighted by atomic mass is 9.78. The van der Waals surface area contributed by atoms with Gasteiger partial charge in [-0.1, -0.05) is 51.1 Å². The highest BCUT2D eigenvalue weighted by atomic mass is 16.5. The van der Waals surface area contributed by atoms with Crippen LogP contribution in [-0.2, 0) is 11.3 Å². The van der Waals surface area contributed by atoms with Crippen molar-refractivity contribution in [2.45, 2.75) is 58.8 Å². The summed E-state index contributed by atoms with van der Waals surface area (Å²) in [5.41, 5.74) is 1.27. The van der Waals surface area contributed by atoms with Crippen LogP contribution in [0.3, 0.4) is 0 Å². The number of hydrogen-bond acceptors (Lipinski definition) is 2. The lowest BCUT2D eigenvalue weighted by Crippen LogP contribution is -2.46. The first-order valence-corrected chi connectivity index (χ1v) is 8.09. The maximum Gasteiger partial charge on any atom is 0.0735 e. The maximum atomic E-state index is 6.25. The van der Waals surface area contributed by atoms with Crippen molar-refractivity contribution in [1.29, 1.82) is 0 Å². The maximum absolute atomic E-state index is 6.25. The quantitative estimate of drug-likeness (QED) is 0.847. The molecule has 0 spiro atoms. The van der Waals surface area contributed by atoms with E-state index >= 15 is 0 Å². The van der Waals surface area contributed by atoms with Crippen molar-refractivity contribution in [3.05, 3.63) is 35.9 Å². The summed E-state index contributed by atoms with van der Waals surface area (Å²) in [5.74, 6) is 1.58. The molecule has 2 rings (SSSR count). The van der Waals surface area contributed by atoms with Gasteiger partial charge in [0.1, 0.15) is 0 Å². The van der Waals surface area contributed by atoms with E-state index < -0.39 is 0 Å². The second kappa shape index (κ2) is 7.80. The molecule has 1 N–H and O–H groups in total. The fourth-order valence-electron chi connectivity index (χ4n) is 3.22. The van der Waals surface area contributed by atoms with E-state index in [1.807, 2.05) is 0 Å². The highest BCUT2D eigenvalue weighted by Gasteiger charge is 2.31. The first kappa shape index (κ1) is 15.5. The second-order valence-electron chi connectivity index (χ2n) is 6.32. The van der Waals surface area contributed by atoms with Gasteiger partial charge >= 0.3 is 0 Å². The van der Waals surface area contributed by atoms with Crippen molar-refractivity contribution >= 4 is 0 Å². The van der Waals surface area contributed by atoms with Crippen molar-refractivity contribution in [3.63, 3.8) is 0 Å². The zero-order chi connectivity index (χ0) is 14.4. The summed E-state index contributed by atoms with van der Waals surface area (Å²) >= 11 is 0. The van der Waals surface area contributed by atoms with Crippen LogP contribution in [-0.4, -0.2) is 18.7 Å². The van der Waals surface area contributed by atoms with Crippen LogP contribution in [0.4, 0.5) is 0 Å². The number of nitrogens with one attached hydrogen (secondary N) is 1. The predicted octanol–water partition coefficient (Wildman–Crippen LogP) is 4.01. The molecule has 3 atom stereocenters. The van der Waals surface area contributed by atoms with Crippen LogP contribution in [0.2, 0.25) is 0 Å². The van der Waals surface area contributed by atoms with E-state index in [2.05, 4.69) is 56.4 Å². The van der Waals surface area contributed by atoms with Gasteiger partial charge in [0.05, 0.1) is 12.7 Å². The molecule has 0 aromatic heterocycles. The van der Waals surface area contributed by atoms with E-state index in [4.69, 9.17) is 4.74 Å². The summed E-state index contributed by atoms with van der Waals surface area (Å²) in [6.07, 6.45) is 4.13. The van der Waals surface area contributed by atoms with Crippen LogP contribution in [0, 0.1) is 11.8 Å². The Balaban J connectivity index is 1.92. The summed E-state index contributed by atoms with van der Waals surface area (Å²) < 4.78 is 6.25. The average Bonchev–Trinajstić information content (AvgIpc) is 2.47. The molecule has 3 unspecified atom stereocenters. The van der Waals surface area contributed by atoms with Crippen LogP contribution in [0.25, 0.3) is 0 Å². The van der Waals surface area contributed by atoms with Crippen LogP contribution in [0.15, 0.2) is 30.3 Å². The van der Waals surface area contributed by atoms with Gasteiger partial charge in [0, 0.05) is 6.04 Å². The molecule has 1 aromatic rings. The Morgan fingerprint density at radius 3 is 2.60 bits per heavy atom. The zero-order valence-corrected chi connectivity index (χ0v) is 13.1. The van der Waals surface area contributed by atoms with Gasteiger partial charge in [-0.15, -0.1) is 0 Å². The third-order valence-electron chi connectivity index (χ3n) is 4.55. The van der Waals surface area contributed by atoms with E-state index in [1.165, 1.54) is 24.8 Å². The Kier molecular flexibility index (Phi) is 6.06. The van der Waals surface area contributed by atoms with Gasteiger partial charge < -0.3 is 10.1 Å². The van der Waals surface area contributed by atoms with Gasteiger partial charge in [0.2, 0.25) is 0 Å². The highest BCUT2D eigenvalue weighted by molar-refractivity contribution is 5.13. The van der Waals surface area contributed by atoms with Crippen molar-refractivity contribution in [3.8, 4) is 0 Å². The molecule has 0 bridgehead atoms. The number of ether oxygens (including phenoxy) is 1. The van der Waals surface area contributed by atoms with Crippen LogP contribution >= 0.6 is 0 Å². The highest BCUT2D eigenvalue weighted by Crippen LogP contribution is 2.32. The number of hydrogen-bond donors (Lipinski definition) is 1. The molecule has 112 valence electrons. The smallest absolute Gasteiger partial charge is 0.0735 e. The number of benzene rings is 1. The first-order chi connectivity index (χ1) is 9.70. The van der Waals surface area contributed by atoms with Gasteiger partial charge in [-0.3, -0.25) is 0 Å². The zero-order valence-electron chi connectivity index (χ0n) is 13.1. The van der Waals surface area contributed by atoms with Crippen LogP contribution in [0.5, 0.6) is 0 Å². The molecule has 1 aliphatic rings. The van der Waals surface area contributed by atoms with E-state index in [0.717, 1.165) is 25.0 Å². The Hall–Kier alpha value is -0.860. The first-order valence-electron chi connectivity index (χ1n) is 8.09. The minimum absolute atomic E-state index is 0.358. The summed E-state index contributed by atoms with van der Waals surface area (Å²) in [5, 5.41) is 3.61. The fraction of sp³-hybridized carbons (Fsp3) is 0.667. The number of rotatable bonds is 6. The monoisotopic (exact) mass is 275 g/mol. The fourth-order valence-corrected chi connectivity index (χ4v) is 3.22. The summed E-state index contributed by atoms with van der Waals surface area (Å²) in [7, 11) is 0. The predicted molar refractivity (Wildman–Crippen MR) is 84.7 cm³/mol. The summed E-state index contributed by atoms with van der Waals surface area (Å²) in [6, 6.07) is 11.0. The molecule has 1 aromatic carbocycles. The third-order valence-corrected chi connectivity index (χ3v) is 4.55.